The number of fused-ring (bicyclic) bond motifs is 1. The summed E-state index contributed by atoms with van der Waals surface area (Å²) >= 11 is 1.31. The Hall–Kier alpha value is -1.69. The zero-order chi connectivity index (χ0) is 16.8. The topological polar surface area (TPSA) is 55.2 Å². The third-order valence-corrected chi connectivity index (χ3v) is 5.13. The minimum absolute atomic E-state index is 0.0322. The first-order chi connectivity index (χ1) is 10.1. The molecule has 0 aliphatic heterocycles. The highest BCUT2D eigenvalue weighted by atomic mass is 32.1. The summed E-state index contributed by atoms with van der Waals surface area (Å²) in [7, 11) is 1.70. The number of amides is 1. The molecule has 0 fully saturated rings. The van der Waals surface area contributed by atoms with E-state index >= 15 is 0 Å². The van der Waals surface area contributed by atoms with Gasteiger partial charge in [-0.05, 0) is 47.1 Å². The van der Waals surface area contributed by atoms with E-state index in [0.717, 1.165) is 5.56 Å². The molecule has 0 aromatic carbocycles. The van der Waals surface area contributed by atoms with Crippen LogP contribution in [0.25, 0.3) is 10.2 Å². The van der Waals surface area contributed by atoms with Crippen LogP contribution in [0.3, 0.4) is 0 Å². The minimum Gasteiger partial charge on any atom is -0.333 e. The predicted molar refractivity (Wildman–Crippen MR) is 90.8 cm³/mol. The van der Waals surface area contributed by atoms with Gasteiger partial charge in [-0.2, -0.15) is 0 Å². The van der Waals surface area contributed by atoms with Gasteiger partial charge < -0.3 is 4.90 Å². The minimum atomic E-state index is -0.261. The third kappa shape index (κ3) is 2.56. The molecule has 0 bridgehead atoms. The van der Waals surface area contributed by atoms with E-state index in [2.05, 4.69) is 4.98 Å². The highest BCUT2D eigenvalue weighted by molar-refractivity contribution is 7.20. The molecule has 22 heavy (non-hydrogen) atoms. The first-order valence-corrected chi connectivity index (χ1v) is 8.20. The number of thiophene rings is 1. The maximum atomic E-state index is 12.9. The van der Waals surface area contributed by atoms with Crippen molar-refractivity contribution in [1.29, 1.82) is 0 Å². The highest BCUT2D eigenvalue weighted by Crippen LogP contribution is 2.30. The summed E-state index contributed by atoms with van der Waals surface area (Å²) in [4.78, 5) is 32.9. The standard InChI is InChI=1S/C16H23N3O2S/c1-8-19(16(4,5)6)15(21)12-9(2)11-13(22-12)17-10(3)18(7)14(11)20/h8H2,1-7H3. The molecule has 0 atom stereocenters. The molecule has 0 saturated carbocycles. The Balaban J connectivity index is 2.68. The lowest BCUT2D eigenvalue weighted by Gasteiger charge is -2.34. The molecule has 2 aromatic rings. The second-order valence-electron chi connectivity index (χ2n) is 6.48. The van der Waals surface area contributed by atoms with E-state index in [1.54, 1.807) is 14.0 Å². The predicted octanol–water partition coefficient (Wildman–Crippen LogP) is 2.87. The van der Waals surface area contributed by atoms with Gasteiger partial charge >= 0.3 is 0 Å². The van der Waals surface area contributed by atoms with Gasteiger partial charge in [0, 0.05) is 19.1 Å². The van der Waals surface area contributed by atoms with Crippen LogP contribution < -0.4 is 5.56 Å². The van der Waals surface area contributed by atoms with Crippen LogP contribution in [0.5, 0.6) is 0 Å². The average molecular weight is 321 g/mol. The van der Waals surface area contributed by atoms with Crippen LogP contribution in [0, 0.1) is 13.8 Å². The molecule has 0 saturated heterocycles. The van der Waals surface area contributed by atoms with Gasteiger partial charge in [0.25, 0.3) is 11.5 Å². The Labute approximate surface area is 134 Å². The normalized spacial score (nSPS) is 12.0. The van der Waals surface area contributed by atoms with Gasteiger partial charge in [0.1, 0.15) is 10.7 Å². The van der Waals surface area contributed by atoms with Gasteiger partial charge in [-0.3, -0.25) is 14.2 Å². The van der Waals surface area contributed by atoms with Crippen molar-refractivity contribution in [2.75, 3.05) is 6.54 Å². The number of rotatable bonds is 2. The molecule has 0 radical (unpaired) electrons. The van der Waals surface area contributed by atoms with E-state index in [0.29, 0.717) is 27.5 Å². The smallest absolute Gasteiger partial charge is 0.264 e. The third-order valence-electron chi connectivity index (χ3n) is 3.96. The lowest BCUT2D eigenvalue weighted by atomic mass is 10.1. The number of carbonyl (C=O) groups is 1. The van der Waals surface area contributed by atoms with Crippen molar-refractivity contribution in [3.05, 3.63) is 26.6 Å². The van der Waals surface area contributed by atoms with Crippen LogP contribution in [0.4, 0.5) is 0 Å². The molecular formula is C16H23N3O2S. The van der Waals surface area contributed by atoms with E-state index in [1.165, 1.54) is 15.9 Å². The first-order valence-electron chi connectivity index (χ1n) is 7.38. The fourth-order valence-corrected chi connectivity index (χ4v) is 3.78. The second kappa shape index (κ2) is 5.50. The van der Waals surface area contributed by atoms with Gasteiger partial charge in [-0.15, -0.1) is 11.3 Å². The van der Waals surface area contributed by atoms with Crippen LogP contribution in [-0.4, -0.2) is 32.4 Å². The van der Waals surface area contributed by atoms with Crippen molar-refractivity contribution in [1.82, 2.24) is 14.5 Å². The van der Waals surface area contributed by atoms with E-state index in [9.17, 15) is 9.59 Å². The molecular weight excluding hydrogens is 298 g/mol. The van der Waals surface area contributed by atoms with Crippen LogP contribution in [0.1, 0.15) is 48.8 Å². The SMILES string of the molecule is CCN(C(=O)c1sc2nc(C)n(C)c(=O)c2c1C)C(C)(C)C. The number of hydrogen-bond donors (Lipinski definition) is 0. The Morgan fingerprint density at radius 1 is 1.32 bits per heavy atom. The van der Waals surface area contributed by atoms with Crippen molar-refractivity contribution >= 4 is 27.5 Å². The molecule has 120 valence electrons. The Morgan fingerprint density at radius 2 is 1.91 bits per heavy atom. The molecule has 2 rings (SSSR count). The van der Waals surface area contributed by atoms with Crippen LogP contribution in [-0.2, 0) is 7.05 Å². The molecule has 0 N–H and O–H groups in total. The molecule has 2 heterocycles. The highest BCUT2D eigenvalue weighted by Gasteiger charge is 2.29. The largest absolute Gasteiger partial charge is 0.333 e. The summed E-state index contributed by atoms with van der Waals surface area (Å²) in [6, 6.07) is 0. The summed E-state index contributed by atoms with van der Waals surface area (Å²) in [5, 5.41) is 0.561. The van der Waals surface area contributed by atoms with E-state index in [1.807, 2.05) is 39.5 Å². The number of hydrogen-bond acceptors (Lipinski definition) is 4. The quantitative estimate of drug-likeness (QED) is 0.854. The fraction of sp³-hybridized carbons (Fsp3) is 0.562. The number of carbonyl (C=O) groups excluding carboxylic acids is 1. The Bertz CT molecular complexity index is 796. The van der Waals surface area contributed by atoms with Crippen LogP contribution >= 0.6 is 11.3 Å². The van der Waals surface area contributed by atoms with Gasteiger partial charge in [-0.25, -0.2) is 4.98 Å². The summed E-state index contributed by atoms with van der Waals surface area (Å²) in [6.45, 7) is 12.3. The van der Waals surface area contributed by atoms with Crippen molar-refractivity contribution in [3.63, 3.8) is 0 Å². The summed E-state index contributed by atoms with van der Waals surface area (Å²) in [6.07, 6.45) is 0. The summed E-state index contributed by atoms with van der Waals surface area (Å²) in [5.74, 6) is 0.621. The van der Waals surface area contributed by atoms with Crippen LogP contribution in [0.2, 0.25) is 0 Å². The van der Waals surface area contributed by atoms with E-state index in [-0.39, 0.29) is 17.0 Å². The number of aromatic nitrogens is 2. The average Bonchev–Trinajstić information content (AvgIpc) is 2.72. The van der Waals surface area contributed by atoms with E-state index in [4.69, 9.17) is 0 Å². The molecule has 5 nitrogen and oxygen atoms in total. The van der Waals surface area contributed by atoms with Crippen molar-refractivity contribution in [2.24, 2.45) is 7.05 Å². The molecule has 0 spiro atoms. The lowest BCUT2D eigenvalue weighted by molar-refractivity contribution is 0.0603. The molecule has 0 aliphatic rings. The maximum absolute atomic E-state index is 12.9. The molecule has 6 heteroatoms. The molecule has 0 aliphatic carbocycles. The first kappa shape index (κ1) is 16.7. The summed E-state index contributed by atoms with van der Waals surface area (Å²) in [5.41, 5.74) is 0.387. The van der Waals surface area contributed by atoms with Crippen molar-refractivity contribution in [2.45, 2.75) is 47.1 Å². The molecule has 2 aromatic heterocycles. The number of nitrogens with zero attached hydrogens (tertiary/aromatic N) is 3. The second-order valence-corrected chi connectivity index (χ2v) is 7.48. The lowest BCUT2D eigenvalue weighted by Crippen LogP contribution is -2.45. The van der Waals surface area contributed by atoms with Crippen LogP contribution in [0.15, 0.2) is 4.79 Å². The van der Waals surface area contributed by atoms with Gasteiger partial charge in [0.2, 0.25) is 0 Å². The molecule has 1 amide bonds. The Morgan fingerprint density at radius 3 is 2.41 bits per heavy atom. The van der Waals surface area contributed by atoms with Crippen molar-refractivity contribution in [3.8, 4) is 0 Å². The monoisotopic (exact) mass is 321 g/mol. The maximum Gasteiger partial charge on any atom is 0.264 e. The van der Waals surface area contributed by atoms with Gasteiger partial charge in [-0.1, -0.05) is 0 Å². The van der Waals surface area contributed by atoms with Crippen molar-refractivity contribution < 1.29 is 4.79 Å². The summed E-state index contributed by atoms with van der Waals surface area (Å²) < 4.78 is 1.53. The zero-order valence-corrected chi connectivity index (χ0v) is 15.1. The van der Waals surface area contributed by atoms with Gasteiger partial charge in [0.15, 0.2) is 0 Å². The number of aryl methyl sites for hydroxylation is 2. The van der Waals surface area contributed by atoms with Gasteiger partial charge in [0.05, 0.1) is 10.3 Å². The zero-order valence-electron chi connectivity index (χ0n) is 14.3. The fourth-order valence-electron chi connectivity index (χ4n) is 2.61. The molecule has 0 unspecified atom stereocenters. The Kier molecular flexibility index (Phi) is 4.17. The van der Waals surface area contributed by atoms with E-state index < -0.39 is 0 Å².